The van der Waals surface area contributed by atoms with E-state index in [9.17, 15) is 5.11 Å². The summed E-state index contributed by atoms with van der Waals surface area (Å²) in [6.45, 7) is 0. The minimum atomic E-state index is -0.514. The van der Waals surface area contributed by atoms with Gasteiger partial charge in [0.1, 0.15) is 0 Å². The number of hydrogen-bond donors (Lipinski definition) is 1. The van der Waals surface area contributed by atoms with Crippen molar-refractivity contribution in [2.75, 3.05) is 7.11 Å². The Hall–Kier alpha value is -0.0800. The Morgan fingerprint density at radius 2 is 1.90 bits per heavy atom. The maximum Gasteiger partial charge on any atom is 0.156 e. The van der Waals surface area contributed by atoms with Crippen molar-refractivity contribution in [3.05, 3.63) is 0 Å². The zero-order valence-corrected chi connectivity index (χ0v) is 6.55. The second kappa shape index (κ2) is 3.94. The second-order valence-corrected chi connectivity index (χ2v) is 3.02. The van der Waals surface area contributed by atoms with Gasteiger partial charge in [-0.3, -0.25) is 0 Å². The first-order chi connectivity index (χ1) is 4.84. The van der Waals surface area contributed by atoms with Crippen molar-refractivity contribution in [1.29, 1.82) is 0 Å². The lowest BCUT2D eigenvalue weighted by Crippen LogP contribution is -2.24. The fraction of sp³-hybridized carbons (Fsp3) is 1.00. The molecule has 0 radical (unpaired) electrons. The van der Waals surface area contributed by atoms with Gasteiger partial charge >= 0.3 is 0 Å². The Kier molecular flexibility index (Phi) is 3.16. The molecule has 1 N–H and O–H groups in total. The fourth-order valence-corrected chi connectivity index (χ4v) is 1.61. The SMILES string of the molecule is COC(O)C1CCCCC1. The van der Waals surface area contributed by atoms with E-state index in [1.807, 2.05) is 0 Å². The largest absolute Gasteiger partial charge is 0.368 e. The van der Waals surface area contributed by atoms with Crippen LogP contribution in [0.15, 0.2) is 0 Å². The quantitative estimate of drug-likeness (QED) is 0.595. The first-order valence-corrected chi connectivity index (χ1v) is 4.05. The van der Waals surface area contributed by atoms with Crippen molar-refractivity contribution in [2.45, 2.75) is 38.4 Å². The van der Waals surface area contributed by atoms with Gasteiger partial charge in [0, 0.05) is 13.0 Å². The molecule has 60 valence electrons. The third kappa shape index (κ3) is 1.96. The molecule has 0 saturated heterocycles. The van der Waals surface area contributed by atoms with Crippen LogP contribution in [0.4, 0.5) is 0 Å². The van der Waals surface area contributed by atoms with Crippen LogP contribution in [-0.4, -0.2) is 18.5 Å². The number of aliphatic hydroxyl groups excluding tert-OH is 1. The number of hydrogen-bond acceptors (Lipinski definition) is 2. The maximum absolute atomic E-state index is 9.26. The Morgan fingerprint density at radius 1 is 1.30 bits per heavy atom. The van der Waals surface area contributed by atoms with E-state index in [0.29, 0.717) is 5.92 Å². The lowest BCUT2D eigenvalue weighted by molar-refractivity contribution is -0.120. The van der Waals surface area contributed by atoms with E-state index >= 15 is 0 Å². The third-order valence-corrected chi connectivity index (χ3v) is 2.29. The zero-order valence-electron chi connectivity index (χ0n) is 6.55. The van der Waals surface area contributed by atoms with Gasteiger partial charge in [0.25, 0.3) is 0 Å². The highest BCUT2D eigenvalue weighted by molar-refractivity contribution is 4.67. The molecule has 0 aliphatic heterocycles. The summed E-state index contributed by atoms with van der Waals surface area (Å²) < 4.78 is 4.85. The lowest BCUT2D eigenvalue weighted by atomic mass is 9.89. The van der Waals surface area contributed by atoms with Crippen LogP contribution in [0.25, 0.3) is 0 Å². The van der Waals surface area contributed by atoms with Gasteiger partial charge in [0.2, 0.25) is 0 Å². The van der Waals surface area contributed by atoms with Crippen molar-refractivity contribution in [1.82, 2.24) is 0 Å². The molecule has 0 amide bonds. The number of rotatable bonds is 2. The summed E-state index contributed by atoms with van der Waals surface area (Å²) in [6.07, 6.45) is 5.59. The maximum atomic E-state index is 9.26. The monoisotopic (exact) mass is 144 g/mol. The van der Waals surface area contributed by atoms with Crippen molar-refractivity contribution < 1.29 is 9.84 Å². The summed E-state index contributed by atoms with van der Waals surface area (Å²) >= 11 is 0. The Labute approximate surface area is 62.2 Å². The Morgan fingerprint density at radius 3 is 2.40 bits per heavy atom. The number of methoxy groups -OCH3 is 1. The molecule has 2 heteroatoms. The van der Waals surface area contributed by atoms with E-state index in [1.54, 1.807) is 7.11 Å². The predicted octanol–water partition coefficient (Wildman–Crippen LogP) is 1.53. The molecule has 0 aromatic carbocycles. The van der Waals surface area contributed by atoms with Gasteiger partial charge in [0.05, 0.1) is 0 Å². The normalized spacial score (nSPS) is 24.6. The molecule has 0 aromatic rings. The molecule has 0 heterocycles. The van der Waals surface area contributed by atoms with Crippen LogP contribution in [0, 0.1) is 5.92 Å². The van der Waals surface area contributed by atoms with Gasteiger partial charge in [-0.15, -0.1) is 0 Å². The standard InChI is InChI=1S/C8H16O2/c1-10-8(9)7-5-3-2-4-6-7/h7-9H,2-6H2,1H3. The summed E-state index contributed by atoms with van der Waals surface area (Å²) in [7, 11) is 1.57. The summed E-state index contributed by atoms with van der Waals surface area (Å²) in [4.78, 5) is 0. The predicted molar refractivity (Wildman–Crippen MR) is 39.6 cm³/mol. The minimum Gasteiger partial charge on any atom is -0.368 e. The molecule has 1 rings (SSSR count). The molecular formula is C8H16O2. The first kappa shape index (κ1) is 8.02. The summed E-state index contributed by atoms with van der Waals surface area (Å²) in [5, 5.41) is 9.26. The van der Waals surface area contributed by atoms with Crippen molar-refractivity contribution in [3.8, 4) is 0 Å². The van der Waals surface area contributed by atoms with Crippen LogP contribution in [0.2, 0.25) is 0 Å². The van der Waals surface area contributed by atoms with Gasteiger partial charge in [-0.05, 0) is 12.8 Å². The van der Waals surface area contributed by atoms with Crippen molar-refractivity contribution in [3.63, 3.8) is 0 Å². The molecule has 1 aliphatic carbocycles. The summed E-state index contributed by atoms with van der Waals surface area (Å²) in [6, 6.07) is 0. The average molecular weight is 144 g/mol. The van der Waals surface area contributed by atoms with Crippen LogP contribution >= 0.6 is 0 Å². The van der Waals surface area contributed by atoms with Crippen molar-refractivity contribution in [2.24, 2.45) is 5.92 Å². The second-order valence-electron chi connectivity index (χ2n) is 3.02. The van der Waals surface area contributed by atoms with E-state index < -0.39 is 6.29 Å². The Bertz CT molecular complexity index is 87.3. The van der Waals surface area contributed by atoms with Crippen LogP contribution < -0.4 is 0 Å². The van der Waals surface area contributed by atoms with Crippen LogP contribution in [0.1, 0.15) is 32.1 Å². The van der Waals surface area contributed by atoms with Crippen molar-refractivity contribution >= 4 is 0 Å². The molecule has 0 aromatic heterocycles. The molecular weight excluding hydrogens is 128 g/mol. The molecule has 1 atom stereocenters. The molecule has 1 unspecified atom stereocenters. The number of ether oxygens (including phenoxy) is 1. The molecule has 0 spiro atoms. The van der Waals surface area contributed by atoms with Gasteiger partial charge in [-0.2, -0.15) is 0 Å². The Balaban J connectivity index is 2.24. The highest BCUT2D eigenvalue weighted by atomic mass is 16.6. The highest BCUT2D eigenvalue weighted by Gasteiger charge is 2.20. The van der Waals surface area contributed by atoms with Crippen LogP contribution in [0.5, 0.6) is 0 Å². The molecule has 10 heavy (non-hydrogen) atoms. The highest BCUT2D eigenvalue weighted by Crippen LogP contribution is 2.26. The van der Waals surface area contributed by atoms with E-state index in [0.717, 1.165) is 12.8 Å². The van der Waals surface area contributed by atoms with Gasteiger partial charge < -0.3 is 9.84 Å². The van der Waals surface area contributed by atoms with Gasteiger partial charge in [-0.1, -0.05) is 19.3 Å². The average Bonchev–Trinajstić information content (AvgIpc) is 2.05. The van der Waals surface area contributed by atoms with Crippen LogP contribution in [0.3, 0.4) is 0 Å². The topological polar surface area (TPSA) is 29.5 Å². The van der Waals surface area contributed by atoms with E-state index in [4.69, 9.17) is 4.74 Å². The fourth-order valence-electron chi connectivity index (χ4n) is 1.61. The van der Waals surface area contributed by atoms with E-state index in [-0.39, 0.29) is 0 Å². The lowest BCUT2D eigenvalue weighted by Gasteiger charge is -2.24. The minimum absolute atomic E-state index is 0.402. The summed E-state index contributed by atoms with van der Waals surface area (Å²) in [5.41, 5.74) is 0. The first-order valence-electron chi connectivity index (χ1n) is 4.05. The summed E-state index contributed by atoms with van der Waals surface area (Å²) in [5.74, 6) is 0.402. The smallest absolute Gasteiger partial charge is 0.156 e. The molecule has 2 nitrogen and oxygen atoms in total. The molecule has 1 fully saturated rings. The molecule has 0 bridgehead atoms. The van der Waals surface area contributed by atoms with Gasteiger partial charge in [-0.25, -0.2) is 0 Å². The van der Waals surface area contributed by atoms with Gasteiger partial charge in [0.15, 0.2) is 6.29 Å². The zero-order chi connectivity index (χ0) is 7.40. The third-order valence-electron chi connectivity index (χ3n) is 2.29. The van der Waals surface area contributed by atoms with Crippen LogP contribution in [-0.2, 0) is 4.74 Å². The van der Waals surface area contributed by atoms with E-state index in [1.165, 1.54) is 19.3 Å². The van der Waals surface area contributed by atoms with E-state index in [2.05, 4.69) is 0 Å². The number of aliphatic hydroxyl groups is 1. The molecule has 1 saturated carbocycles. The molecule has 1 aliphatic rings.